The summed E-state index contributed by atoms with van der Waals surface area (Å²) in [6.45, 7) is -0.133. The predicted molar refractivity (Wildman–Crippen MR) is 62.0 cm³/mol. The lowest BCUT2D eigenvalue weighted by Gasteiger charge is -2.10. The molecule has 1 aromatic carbocycles. The van der Waals surface area contributed by atoms with Crippen LogP contribution in [0.15, 0.2) is 23.3 Å². The van der Waals surface area contributed by atoms with Gasteiger partial charge in [-0.2, -0.15) is 0 Å². The average molecular weight is 249 g/mol. The monoisotopic (exact) mass is 249 g/mol. The van der Waals surface area contributed by atoms with Crippen molar-refractivity contribution < 1.29 is 19.1 Å². The van der Waals surface area contributed by atoms with Crippen molar-refractivity contribution in [3.63, 3.8) is 0 Å². The second kappa shape index (κ2) is 6.27. The zero-order valence-electron chi connectivity index (χ0n) is 9.91. The topological polar surface area (TPSA) is 101 Å². The molecule has 0 atom stereocenters. The molecular formula is C11H11N3O4. The first-order valence-electron chi connectivity index (χ1n) is 4.95. The molecule has 1 aromatic rings. The predicted octanol–water partition coefficient (Wildman–Crippen LogP) is 2.07. The number of ether oxygens (including phenoxy) is 2. The molecule has 18 heavy (non-hydrogen) atoms. The fourth-order valence-corrected chi connectivity index (χ4v) is 1.46. The van der Waals surface area contributed by atoms with E-state index >= 15 is 0 Å². The summed E-state index contributed by atoms with van der Waals surface area (Å²) in [5.74, 6) is -1.22. The quantitative estimate of drug-likeness (QED) is 0.352. The highest BCUT2D eigenvalue weighted by molar-refractivity contribution is 5.98. The van der Waals surface area contributed by atoms with Gasteiger partial charge in [0.05, 0.1) is 31.9 Å². The van der Waals surface area contributed by atoms with Crippen LogP contribution in [-0.4, -0.2) is 26.2 Å². The van der Waals surface area contributed by atoms with E-state index < -0.39 is 11.9 Å². The molecular weight excluding hydrogens is 238 g/mol. The standard InChI is InChI=1S/C11H11N3O4/c1-17-10(15)7-4-3-5-8(11(16)18-2)9(7)6-13-14-12/h3-5H,6H2,1-2H3. The van der Waals surface area contributed by atoms with Gasteiger partial charge in [-0.3, -0.25) is 0 Å². The molecule has 0 amide bonds. The number of hydrogen-bond donors (Lipinski definition) is 0. The number of methoxy groups -OCH3 is 2. The molecule has 0 saturated carbocycles. The van der Waals surface area contributed by atoms with Crippen molar-refractivity contribution in [2.24, 2.45) is 5.11 Å². The van der Waals surface area contributed by atoms with Gasteiger partial charge in [-0.1, -0.05) is 11.2 Å². The Labute approximate surface area is 103 Å². The van der Waals surface area contributed by atoms with Crippen LogP contribution in [0.25, 0.3) is 10.4 Å². The van der Waals surface area contributed by atoms with Gasteiger partial charge in [-0.15, -0.1) is 0 Å². The molecule has 7 nitrogen and oxygen atoms in total. The fourth-order valence-electron chi connectivity index (χ4n) is 1.46. The average Bonchev–Trinajstić information content (AvgIpc) is 2.42. The summed E-state index contributed by atoms with van der Waals surface area (Å²) < 4.78 is 9.20. The molecule has 0 unspecified atom stereocenters. The molecule has 0 spiro atoms. The Hall–Kier alpha value is -2.53. The number of benzene rings is 1. The Morgan fingerprint density at radius 2 is 1.72 bits per heavy atom. The summed E-state index contributed by atoms with van der Waals surface area (Å²) in [5.41, 5.74) is 8.96. The van der Waals surface area contributed by atoms with Crippen LogP contribution < -0.4 is 0 Å². The van der Waals surface area contributed by atoms with E-state index in [0.29, 0.717) is 0 Å². The van der Waals surface area contributed by atoms with Gasteiger partial charge in [0, 0.05) is 4.91 Å². The van der Waals surface area contributed by atoms with E-state index in [1.165, 1.54) is 32.4 Å². The fraction of sp³-hybridized carbons (Fsp3) is 0.273. The number of carbonyl (C=O) groups is 2. The van der Waals surface area contributed by atoms with Gasteiger partial charge in [0.25, 0.3) is 0 Å². The minimum absolute atomic E-state index is 0.133. The van der Waals surface area contributed by atoms with Gasteiger partial charge in [-0.05, 0) is 23.2 Å². The number of rotatable bonds is 4. The van der Waals surface area contributed by atoms with Crippen molar-refractivity contribution in [1.82, 2.24) is 0 Å². The van der Waals surface area contributed by atoms with E-state index in [9.17, 15) is 9.59 Å². The molecule has 0 N–H and O–H groups in total. The maximum absolute atomic E-state index is 11.6. The van der Waals surface area contributed by atoms with Crippen LogP contribution in [0.5, 0.6) is 0 Å². The summed E-state index contributed by atoms with van der Waals surface area (Å²) in [7, 11) is 2.45. The van der Waals surface area contributed by atoms with Crippen LogP contribution in [0.1, 0.15) is 26.3 Å². The Morgan fingerprint density at radius 3 is 2.11 bits per heavy atom. The van der Waals surface area contributed by atoms with Gasteiger partial charge < -0.3 is 9.47 Å². The molecule has 0 aromatic heterocycles. The van der Waals surface area contributed by atoms with Crippen LogP contribution in [0, 0.1) is 0 Å². The van der Waals surface area contributed by atoms with Crippen LogP contribution in [-0.2, 0) is 16.0 Å². The van der Waals surface area contributed by atoms with E-state index in [4.69, 9.17) is 5.53 Å². The molecule has 0 aliphatic rings. The van der Waals surface area contributed by atoms with Gasteiger partial charge in [0.1, 0.15) is 0 Å². The maximum Gasteiger partial charge on any atom is 0.338 e. The zero-order chi connectivity index (χ0) is 13.5. The molecule has 0 bridgehead atoms. The van der Waals surface area contributed by atoms with Crippen molar-refractivity contribution in [1.29, 1.82) is 0 Å². The summed E-state index contributed by atoms with van der Waals surface area (Å²) in [4.78, 5) is 25.7. The van der Waals surface area contributed by atoms with Crippen molar-refractivity contribution in [3.05, 3.63) is 45.3 Å². The van der Waals surface area contributed by atoms with Crippen LogP contribution in [0.4, 0.5) is 0 Å². The number of nitrogens with zero attached hydrogens (tertiary/aromatic N) is 3. The Bertz CT molecular complexity index is 487. The number of carbonyl (C=O) groups excluding carboxylic acids is 2. The smallest absolute Gasteiger partial charge is 0.338 e. The molecule has 1 rings (SSSR count). The van der Waals surface area contributed by atoms with E-state index in [1.54, 1.807) is 0 Å². The second-order valence-corrected chi connectivity index (χ2v) is 3.20. The third-order valence-corrected chi connectivity index (χ3v) is 2.28. The summed E-state index contributed by atoms with van der Waals surface area (Å²) in [6.07, 6.45) is 0. The third kappa shape index (κ3) is 2.78. The van der Waals surface area contributed by atoms with Gasteiger partial charge in [0.15, 0.2) is 0 Å². The molecule has 0 radical (unpaired) electrons. The lowest BCUT2D eigenvalue weighted by Crippen LogP contribution is -2.12. The maximum atomic E-state index is 11.6. The largest absolute Gasteiger partial charge is 0.465 e. The number of hydrogen-bond acceptors (Lipinski definition) is 5. The highest BCUT2D eigenvalue weighted by Gasteiger charge is 2.19. The lowest BCUT2D eigenvalue weighted by atomic mass is 10.0. The normalized spacial score (nSPS) is 9.22. The van der Waals surface area contributed by atoms with E-state index in [0.717, 1.165) is 0 Å². The Balaban J connectivity index is 3.38. The number of azide groups is 1. The van der Waals surface area contributed by atoms with Crippen LogP contribution in [0.2, 0.25) is 0 Å². The first kappa shape index (κ1) is 13.5. The van der Waals surface area contributed by atoms with Crippen molar-refractivity contribution >= 4 is 11.9 Å². The molecule has 94 valence electrons. The van der Waals surface area contributed by atoms with Crippen molar-refractivity contribution in [2.45, 2.75) is 6.54 Å². The SMILES string of the molecule is COC(=O)c1cccc(C(=O)OC)c1CN=[N+]=[N-]. The highest BCUT2D eigenvalue weighted by Crippen LogP contribution is 2.18. The molecule has 0 heterocycles. The first-order valence-corrected chi connectivity index (χ1v) is 4.95. The minimum atomic E-state index is -0.608. The lowest BCUT2D eigenvalue weighted by molar-refractivity contribution is 0.0597. The number of esters is 2. The van der Waals surface area contributed by atoms with Gasteiger partial charge >= 0.3 is 11.9 Å². The first-order chi connectivity index (χ1) is 8.65. The molecule has 0 saturated heterocycles. The molecule has 0 aliphatic heterocycles. The third-order valence-electron chi connectivity index (χ3n) is 2.28. The van der Waals surface area contributed by atoms with Gasteiger partial charge in [-0.25, -0.2) is 9.59 Å². The van der Waals surface area contributed by atoms with Crippen LogP contribution in [0.3, 0.4) is 0 Å². The van der Waals surface area contributed by atoms with Crippen molar-refractivity contribution in [3.8, 4) is 0 Å². The Morgan fingerprint density at radius 1 is 1.22 bits per heavy atom. The molecule has 0 aliphatic carbocycles. The zero-order valence-corrected chi connectivity index (χ0v) is 9.91. The highest BCUT2D eigenvalue weighted by atomic mass is 16.5. The minimum Gasteiger partial charge on any atom is -0.465 e. The van der Waals surface area contributed by atoms with E-state index in [-0.39, 0.29) is 23.2 Å². The van der Waals surface area contributed by atoms with E-state index in [1.807, 2.05) is 0 Å². The summed E-state index contributed by atoms with van der Waals surface area (Å²) >= 11 is 0. The Kier molecular flexibility index (Phi) is 4.71. The molecule has 7 heteroatoms. The summed E-state index contributed by atoms with van der Waals surface area (Å²) in [6, 6.07) is 4.50. The molecule has 0 fully saturated rings. The van der Waals surface area contributed by atoms with E-state index in [2.05, 4.69) is 19.5 Å². The van der Waals surface area contributed by atoms with Crippen molar-refractivity contribution in [2.75, 3.05) is 14.2 Å². The summed E-state index contributed by atoms with van der Waals surface area (Å²) in [5, 5.41) is 3.36. The second-order valence-electron chi connectivity index (χ2n) is 3.20. The van der Waals surface area contributed by atoms with Gasteiger partial charge in [0.2, 0.25) is 0 Å². The van der Waals surface area contributed by atoms with Crippen LogP contribution >= 0.6 is 0 Å².